The minimum Gasteiger partial charge on any atom is -0.373 e. The van der Waals surface area contributed by atoms with Gasteiger partial charge in [0.2, 0.25) is 0 Å². The summed E-state index contributed by atoms with van der Waals surface area (Å²) in [6.07, 6.45) is 6.21. The summed E-state index contributed by atoms with van der Waals surface area (Å²) in [5.41, 5.74) is 0. The molecule has 1 saturated carbocycles. The molecule has 2 heteroatoms. The molecular weight excluding hydrogens is 239 g/mol. The van der Waals surface area contributed by atoms with Crippen LogP contribution in [0.2, 0.25) is 0 Å². The predicted octanol–water partition coefficient (Wildman–Crippen LogP) is 2.55. The molecule has 1 nitrogen and oxygen atoms in total. The first-order valence-corrected chi connectivity index (χ1v) is 4.95. The van der Waals surface area contributed by atoms with Crippen LogP contribution in [0.4, 0.5) is 0 Å². The van der Waals surface area contributed by atoms with E-state index in [-0.39, 0.29) is 0 Å². The lowest BCUT2D eigenvalue weighted by Gasteiger charge is -2.12. The highest BCUT2D eigenvalue weighted by atomic mass is 127. The Morgan fingerprint density at radius 3 is 2.90 bits per heavy atom. The molecule has 1 rings (SSSR count). The normalized spacial score (nSPS) is 32.5. The molecule has 0 aromatic carbocycles. The molecular formula is C8H13IO. The van der Waals surface area contributed by atoms with Gasteiger partial charge in [0.05, 0.1) is 12.7 Å². The Labute approximate surface area is 76.0 Å². The van der Waals surface area contributed by atoms with Crippen LogP contribution in [0.25, 0.3) is 0 Å². The summed E-state index contributed by atoms with van der Waals surface area (Å²) in [6.45, 7) is 4.33. The Balaban J connectivity index is 2.19. The van der Waals surface area contributed by atoms with Crippen LogP contribution in [-0.4, -0.2) is 16.6 Å². The maximum Gasteiger partial charge on any atom is 0.0696 e. The van der Waals surface area contributed by atoms with E-state index in [0.717, 1.165) is 3.92 Å². The van der Waals surface area contributed by atoms with Gasteiger partial charge in [0.15, 0.2) is 0 Å². The third-order valence-corrected chi connectivity index (χ3v) is 3.23. The van der Waals surface area contributed by atoms with Gasteiger partial charge in [-0.05, 0) is 19.3 Å². The molecule has 0 saturated heterocycles. The van der Waals surface area contributed by atoms with Crippen molar-refractivity contribution in [3.63, 3.8) is 0 Å². The lowest BCUT2D eigenvalue weighted by Crippen LogP contribution is -2.17. The quantitative estimate of drug-likeness (QED) is 0.426. The molecule has 0 bridgehead atoms. The van der Waals surface area contributed by atoms with E-state index in [1.165, 1.54) is 19.3 Å². The Kier molecular flexibility index (Phi) is 3.70. The lowest BCUT2D eigenvalue weighted by molar-refractivity contribution is 0.0865. The largest absolute Gasteiger partial charge is 0.373 e. The highest BCUT2D eigenvalue weighted by Crippen LogP contribution is 2.28. The van der Waals surface area contributed by atoms with Crippen molar-refractivity contribution in [2.75, 3.05) is 6.61 Å². The molecule has 0 heterocycles. The van der Waals surface area contributed by atoms with Gasteiger partial charge in [-0.3, -0.25) is 0 Å². The second-order valence-corrected chi connectivity index (χ2v) is 4.21. The molecule has 0 unspecified atom stereocenters. The first-order valence-electron chi connectivity index (χ1n) is 3.71. The fourth-order valence-corrected chi connectivity index (χ4v) is 2.27. The Morgan fingerprint density at radius 1 is 1.60 bits per heavy atom. The van der Waals surface area contributed by atoms with Gasteiger partial charge >= 0.3 is 0 Å². The van der Waals surface area contributed by atoms with Crippen molar-refractivity contribution in [2.45, 2.75) is 29.3 Å². The number of hydrogen-bond acceptors (Lipinski definition) is 1. The minimum atomic E-state index is 0.499. The molecule has 2 atom stereocenters. The summed E-state index contributed by atoms with van der Waals surface area (Å²) in [5, 5.41) is 0. The second kappa shape index (κ2) is 4.34. The molecule has 1 aliphatic rings. The van der Waals surface area contributed by atoms with Crippen LogP contribution in [0, 0.1) is 0 Å². The number of alkyl halides is 1. The van der Waals surface area contributed by atoms with E-state index < -0.39 is 0 Å². The van der Waals surface area contributed by atoms with Crippen LogP contribution in [0.5, 0.6) is 0 Å². The van der Waals surface area contributed by atoms with E-state index in [2.05, 4.69) is 29.2 Å². The molecule has 0 aliphatic heterocycles. The molecule has 0 N–H and O–H groups in total. The van der Waals surface area contributed by atoms with Gasteiger partial charge in [0.1, 0.15) is 0 Å². The molecule has 0 radical (unpaired) electrons. The van der Waals surface area contributed by atoms with Gasteiger partial charge in [0, 0.05) is 3.92 Å². The Morgan fingerprint density at radius 2 is 2.40 bits per heavy atom. The van der Waals surface area contributed by atoms with E-state index >= 15 is 0 Å². The third-order valence-electron chi connectivity index (χ3n) is 1.80. The molecule has 0 spiro atoms. The molecule has 1 fully saturated rings. The molecule has 0 aromatic rings. The average molecular weight is 252 g/mol. The van der Waals surface area contributed by atoms with Gasteiger partial charge in [-0.15, -0.1) is 6.58 Å². The summed E-state index contributed by atoms with van der Waals surface area (Å²) in [5.74, 6) is 0. The van der Waals surface area contributed by atoms with Crippen LogP contribution in [0.15, 0.2) is 12.7 Å². The van der Waals surface area contributed by atoms with Gasteiger partial charge in [-0.1, -0.05) is 28.7 Å². The van der Waals surface area contributed by atoms with Crippen LogP contribution >= 0.6 is 22.6 Å². The van der Waals surface area contributed by atoms with Crippen LogP contribution in [0.1, 0.15) is 19.3 Å². The average Bonchev–Trinajstić information content (AvgIpc) is 2.31. The van der Waals surface area contributed by atoms with Gasteiger partial charge < -0.3 is 4.74 Å². The van der Waals surface area contributed by atoms with E-state index in [0.29, 0.717) is 12.7 Å². The fourth-order valence-electron chi connectivity index (χ4n) is 1.26. The van der Waals surface area contributed by atoms with E-state index in [4.69, 9.17) is 4.74 Å². The highest BCUT2D eigenvalue weighted by molar-refractivity contribution is 14.1. The van der Waals surface area contributed by atoms with Crippen molar-refractivity contribution < 1.29 is 4.74 Å². The number of ether oxygens (including phenoxy) is 1. The van der Waals surface area contributed by atoms with Gasteiger partial charge in [0.25, 0.3) is 0 Å². The highest BCUT2D eigenvalue weighted by Gasteiger charge is 2.24. The second-order valence-electron chi connectivity index (χ2n) is 2.61. The minimum absolute atomic E-state index is 0.499. The van der Waals surface area contributed by atoms with Crippen molar-refractivity contribution in [3.8, 4) is 0 Å². The number of hydrogen-bond donors (Lipinski definition) is 0. The Bertz CT molecular complexity index is 114. The Hall–Kier alpha value is 0.430. The zero-order valence-corrected chi connectivity index (χ0v) is 8.21. The summed E-state index contributed by atoms with van der Waals surface area (Å²) < 4.78 is 6.27. The van der Waals surface area contributed by atoms with Crippen molar-refractivity contribution >= 4 is 22.6 Å². The first-order chi connectivity index (χ1) is 4.84. The molecule has 0 aromatic heterocycles. The monoisotopic (exact) mass is 252 g/mol. The zero-order chi connectivity index (χ0) is 7.40. The molecule has 58 valence electrons. The fraction of sp³-hybridized carbons (Fsp3) is 0.750. The summed E-state index contributed by atoms with van der Waals surface area (Å²) >= 11 is 2.47. The van der Waals surface area contributed by atoms with Crippen LogP contribution < -0.4 is 0 Å². The predicted molar refractivity (Wildman–Crippen MR) is 51.6 cm³/mol. The first kappa shape index (κ1) is 8.53. The van der Waals surface area contributed by atoms with Crippen molar-refractivity contribution in [1.82, 2.24) is 0 Å². The van der Waals surface area contributed by atoms with Crippen molar-refractivity contribution in [3.05, 3.63) is 12.7 Å². The molecule has 0 amide bonds. The zero-order valence-electron chi connectivity index (χ0n) is 6.05. The van der Waals surface area contributed by atoms with Crippen molar-refractivity contribution in [2.24, 2.45) is 0 Å². The van der Waals surface area contributed by atoms with E-state index in [1.807, 2.05) is 6.08 Å². The smallest absolute Gasteiger partial charge is 0.0696 e. The maximum atomic E-state index is 5.54. The third kappa shape index (κ3) is 2.23. The van der Waals surface area contributed by atoms with Crippen LogP contribution in [-0.2, 0) is 4.74 Å². The SMILES string of the molecule is C=CCO[C@H]1CCC[C@@H]1I. The van der Waals surface area contributed by atoms with Gasteiger partial charge in [-0.25, -0.2) is 0 Å². The van der Waals surface area contributed by atoms with E-state index in [1.54, 1.807) is 0 Å². The standard InChI is InChI=1S/C8H13IO/c1-2-6-10-8-5-3-4-7(8)9/h2,7-8H,1,3-6H2/t7-,8-/m0/s1. The van der Waals surface area contributed by atoms with Gasteiger partial charge in [-0.2, -0.15) is 0 Å². The molecule has 1 aliphatic carbocycles. The number of halogens is 1. The topological polar surface area (TPSA) is 9.23 Å². The number of rotatable bonds is 3. The molecule has 10 heavy (non-hydrogen) atoms. The van der Waals surface area contributed by atoms with Crippen LogP contribution in [0.3, 0.4) is 0 Å². The van der Waals surface area contributed by atoms with E-state index in [9.17, 15) is 0 Å². The summed E-state index contributed by atoms with van der Waals surface area (Å²) in [4.78, 5) is 0. The van der Waals surface area contributed by atoms with Crippen molar-refractivity contribution in [1.29, 1.82) is 0 Å². The maximum absolute atomic E-state index is 5.54. The lowest BCUT2D eigenvalue weighted by atomic mass is 10.3. The summed E-state index contributed by atoms with van der Waals surface area (Å²) in [6, 6.07) is 0. The summed E-state index contributed by atoms with van der Waals surface area (Å²) in [7, 11) is 0.